The summed E-state index contributed by atoms with van der Waals surface area (Å²) in [5.74, 6) is 1.73. The number of anilines is 1. The summed E-state index contributed by atoms with van der Waals surface area (Å²) < 4.78 is 6.69. The summed E-state index contributed by atoms with van der Waals surface area (Å²) in [6.07, 6.45) is 6.71. The van der Waals surface area contributed by atoms with Crippen molar-refractivity contribution in [3.05, 3.63) is 60.8 Å². The van der Waals surface area contributed by atoms with E-state index in [0.717, 1.165) is 49.7 Å². The molecular weight excluding hydrogens is 394 g/mol. The zero-order valence-corrected chi connectivity index (χ0v) is 17.2. The van der Waals surface area contributed by atoms with Crippen LogP contribution in [-0.2, 0) is 6.54 Å². The van der Waals surface area contributed by atoms with Crippen molar-refractivity contribution in [1.82, 2.24) is 29.5 Å². The number of pyridine rings is 3. The van der Waals surface area contributed by atoms with Gasteiger partial charge in [-0.15, -0.1) is 0 Å². The molecule has 5 heterocycles. The highest BCUT2D eigenvalue weighted by molar-refractivity contribution is 5.78. The minimum absolute atomic E-state index is 0.139. The van der Waals surface area contributed by atoms with Crippen LogP contribution in [0.3, 0.4) is 0 Å². The van der Waals surface area contributed by atoms with Gasteiger partial charge in [-0.25, -0.2) is 19.5 Å². The number of methoxy groups -OCH3 is 1. The van der Waals surface area contributed by atoms with Gasteiger partial charge in [0.1, 0.15) is 17.9 Å². The molecule has 0 aliphatic carbocycles. The fourth-order valence-corrected chi connectivity index (χ4v) is 3.88. The van der Waals surface area contributed by atoms with Crippen LogP contribution in [0.5, 0.6) is 11.6 Å². The predicted octanol–water partition coefficient (Wildman–Crippen LogP) is 2.22. The summed E-state index contributed by atoms with van der Waals surface area (Å²) in [6, 6.07) is 9.69. The zero-order chi connectivity index (χ0) is 21.2. The highest BCUT2D eigenvalue weighted by Crippen LogP contribution is 2.28. The van der Waals surface area contributed by atoms with Crippen molar-refractivity contribution in [2.24, 2.45) is 0 Å². The second-order valence-electron chi connectivity index (χ2n) is 7.52. The van der Waals surface area contributed by atoms with Crippen molar-refractivity contribution >= 4 is 11.5 Å². The van der Waals surface area contributed by atoms with Crippen LogP contribution in [-0.4, -0.2) is 67.9 Å². The van der Waals surface area contributed by atoms with E-state index in [0.29, 0.717) is 11.5 Å². The number of nitrogens with zero attached hydrogens (tertiary/aromatic N) is 7. The normalized spacial score (nSPS) is 14.8. The molecule has 5 rings (SSSR count). The molecule has 1 aliphatic rings. The average Bonchev–Trinajstić information content (AvgIpc) is 3.28. The van der Waals surface area contributed by atoms with E-state index in [-0.39, 0.29) is 5.75 Å². The zero-order valence-electron chi connectivity index (χ0n) is 17.2. The van der Waals surface area contributed by atoms with E-state index < -0.39 is 0 Å². The van der Waals surface area contributed by atoms with Crippen molar-refractivity contribution in [2.45, 2.75) is 6.54 Å². The number of aromatic nitrogens is 5. The summed E-state index contributed by atoms with van der Waals surface area (Å²) in [5, 5.41) is 14.1. The minimum Gasteiger partial charge on any atom is -0.506 e. The van der Waals surface area contributed by atoms with Crippen LogP contribution in [0.15, 0.2) is 55.2 Å². The summed E-state index contributed by atoms with van der Waals surface area (Å²) >= 11 is 0. The van der Waals surface area contributed by atoms with Crippen LogP contribution in [0, 0.1) is 0 Å². The molecule has 0 spiro atoms. The minimum atomic E-state index is 0.139. The molecule has 0 unspecified atom stereocenters. The third kappa shape index (κ3) is 3.99. The van der Waals surface area contributed by atoms with Gasteiger partial charge < -0.3 is 14.7 Å². The van der Waals surface area contributed by atoms with Gasteiger partial charge in [0.05, 0.1) is 13.3 Å². The van der Waals surface area contributed by atoms with E-state index in [1.54, 1.807) is 17.7 Å². The Morgan fingerprint density at radius 1 is 1.00 bits per heavy atom. The lowest BCUT2D eigenvalue weighted by Crippen LogP contribution is -2.46. The van der Waals surface area contributed by atoms with Gasteiger partial charge in [-0.1, -0.05) is 6.07 Å². The second kappa shape index (κ2) is 8.19. The molecule has 31 heavy (non-hydrogen) atoms. The lowest BCUT2D eigenvalue weighted by molar-refractivity contribution is 0.249. The van der Waals surface area contributed by atoms with Crippen LogP contribution in [0.25, 0.3) is 16.8 Å². The monoisotopic (exact) mass is 417 g/mol. The molecule has 0 aromatic carbocycles. The first-order chi connectivity index (χ1) is 15.2. The van der Waals surface area contributed by atoms with Gasteiger partial charge in [-0.05, 0) is 23.8 Å². The van der Waals surface area contributed by atoms with Crippen LogP contribution >= 0.6 is 0 Å². The van der Waals surface area contributed by atoms with Crippen molar-refractivity contribution in [3.8, 4) is 22.8 Å². The van der Waals surface area contributed by atoms with Gasteiger partial charge in [0.2, 0.25) is 5.88 Å². The van der Waals surface area contributed by atoms with Gasteiger partial charge in [-0.3, -0.25) is 4.90 Å². The van der Waals surface area contributed by atoms with Crippen LogP contribution in [0.4, 0.5) is 5.82 Å². The summed E-state index contributed by atoms with van der Waals surface area (Å²) in [4.78, 5) is 18.0. The maximum absolute atomic E-state index is 9.97. The van der Waals surface area contributed by atoms with Crippen LogP contribution < -0.4 is 9.64 Å². The smallest absolute Gasteiger partial charge is 0.212 e. The maximum atomic E-state index is 9.97. The van der Waals surface area contributed by atoms with Crippen LogP contribution in [0.1, 0.15) is 5.56 Å². The van der Waals surface area contributed by atoms with E-state index in [1.807, 2.05) is 30.6 Å². The number of hydrogen-bond acceptors (Lipinski definition) is 8. The number of fused-ring (bicyclic) bond motifs is 1. The Morgan fingerprint density at radius 3 is 2.58 bits per heavy atom. The molecule has 1 aliphatic heterocycles. The highest BCUT2D eigenvalue weighted by Gasteiger charge is 2.19. The van der Waals surface area contributed by atoms with E-state index in [9.17, 15) is 5.11 Å². The van der Waals surface area contributed by atoms with Crippen LogP contribution in [0.2, 0.25) is 0 Å². The lowest BCUT2D eigenvalue weighted by Gasteiger charge is -2.35. The Labute approximate surface area is 179 Å². The van der Waals surface area contributed by atoms with Crippen molar-refractivity contribution in [2.75, 3.05) is 38.2 Å². The van der Waals surface area contributed by atoms with Crippen molar-refractivity contribution < 1.29 is 9.84 Å². The molecule has 0 saturated carbocycles. The number of ether oxygens (including phenoxy) is 1. The van der Waals surface area contributed by atoms with E-state index >= 15 is 0 Å². The topological polar surface area (TPSA) is 91.9 Å². The maximum Gasteiger partial charge on any atom is 0.212 e. The second-order valence-corrected chi connectivity index (χ2v) is 7.52. The summed E-state index contributed by atoms with van der Waals surface area (Å²) in [5.41, 5.74) is 3.56. The third-order valence-electron chi connectivity index (χ3n) is 5.53. The molecule has 1 N–H and O–H groups in total. The highest BCUT2D eigenvalue weighted by atomic mass is 16.5. The summed E-state index contributed by atoms with van der Waals surface area (Å²) in [7, 11) is 1.63. The molecule has 158 valence electrons. The molecule has 1 saturated heterocycles. The van der Waals surface area contributed by atoms with E-state index in [2.05, 4.69) is 35.9 Å². The number of piperazine rings is 1. The third-order valence-corrected chi connectivity index (χ3v) is 5.53. The Bertz CT molecular complexity index is 1170. The Morgan fingerprint density at radius 2 is 1.87 bits per heavy atom. The molecule has 4 aromatic heterocycles. The molecule has 0 amide bonds. The van der Waals surface area contributed by atoms with Crippen molar-refractivity contribution in [1.29, 1.82) is 0 Å². The molecule has 4 aromatic rings. The van der Waals surface area contributed by atoms with Gasteiger partial charge in [-0.2, -0.15) is 5.10 Å². The Balaban J connectivity index is 1.24. The fourth-order valence-electron chi connectivity index (χ4n) is 3.88. The summed E-state index contributed by atoms with van der Waals surface area (Å²) in [6.45, 7) is 4.63. The number of aromatic hydroxyl groups is 1. The van der Waals surface area contributed by atoms with E-state index in [1.165, 1.54) is 18.1 Å². The first-order valence-corrected chi connectivity index (χ1v) is 10.1. The van der Waals surface area contributed by atoms with Crippen molar-refractivity contribution in [3.63, 3.8) is 0 Å². The van der Waals surface area contributed by atoms with Gasteiger partial charge >= 0.3 is 0 Å². The largest absolute Gasteiger partial charge is 0.506 e. The van der Waals surface area contributed by atoms with Gasteiger partial charge in [0, 0.05) is 62.3 Å². The first-order valence-electron chi connectivity index (χ1n) is 10.1. The molecule has 0 bridgehead atoms. The lowest BCUT2D eigenvalue weighted by atomic mass is 10.1. The molecule has 0 atom stereocenters. The first kappa shape index (κ1) is 19.3. The molecule has 1 fully saturated rings. The Hall–Kier alpha value is -3.72. The average molecular weight is 417 g/mol. The number of rotatable bonds is 5. The quantitative estimate of drug-likeness (QED) is 0.529. The fraction of sp³-hybridized carbons (Fsp3) is 0.273. The van der Waals surface area contributed by atoms with Gasteiger partial charge in [0.25, 0.3) is 0 Å². The Kier molecular flexibility index (Phi) is 5.09. The van der Waals surface area contributed by atoms with Gasteiger partial charge in [0.15, 0.2) is 5.65 Å². The van der Waals surface area contributed by atoms with E-state index in [4.69, 9.17) is 4.74 Å². The standard InChI is InChI=1S/C22H23N7O2/c1-31-21-5-2-16(11-24-21)13-27-6-8-28(9-7-27)20-4-3-17(12-23-20)19-10-18(30)14-29-22(19)25-15-26-29/h2-5,10-12,14-15,30H,6-9,13H2,1H3. The molecule has 0 radical (unpaired) electrons. The number of hydrogen-bond donors (Lipinski definition) is 1. The molecule has 9 nitrogen and oxygen atoms in total. The molecular formula is C22H23N7O2. The molecule has 9 heteroatoms. The SMILES string of the molecule is COc1ccc(CN2CCN(c3ccc(-c4cc(O)cn5ncnc45)cn3)CC2)cn1. The predicted molar refractivity (Wildman–Crippen MR) is 116 cm³/mol.